The zero-order valence-electron chi connectivity index (χ0n) is 12.4. The molecule has 1 atom stereocenters. The fourth-order valence-electron chi connectivity index (χ4n) is 2.28. The van der Waals surface area contributed by atoms with E-state index in [0.29, 0.717) is 11.3 Å². The molecule has 1 unspecified atom stereocenters. The molecule has 0 saturated carbocycles. The van der Waals surface area contributed by atoms with Gasteiger partial charge >= 0.3 is 0 Å². The molecule has 2 aromatic carbocycles. The summed E-state index contributed by atoms with van der Waals surface area (Å²) in [6.07, 6.45) is 0. The maximum Gasteiger partial charge on any atom is 0.254 e. The van der Waals surface area contributed by atoms with E-state index in [0.717, 1.165) is 15.6 Å². The van der Waals surface area contributed by atoms with Gasteiger partial charge in [0.15, 0.2) is 0 Å². The van der Waals surface area contributed by atoms with Gasteiger partial charge in [0.25, 0.3) is 5.91 Å². The van der Waals surface area contributed by atoms with Gasteiger partial charge in [-0.15, -0.1) is 0 Å². The Morgan fingerprint density at radius 1 is 1.24 bits per heavy atom. The molecule has 0 aliphatic rings. The zero-order chi connectivity index (χ0) is 15.6. The number of rotatable bonds is 3. The second-order valence-electron chi connectivity index (χ2n) is 5.28. The van der Waals surface area contributed by atoms with E-state index in [-0.39, 0.29) is 11.9 Å². The number of aryl methyl sites for hydroxylation is 1. The van der Waals surface area contributed by atoms with Gasteiger partial charge in [-0.2, -0.15) is 0 Å². The average Bonchev–Trinajstić information content (AvgIpc) is 2.44. The molecule has 0 aliphatic heterocycles. The molecule has 0 bridgehead atoms. The van der Waals surface area contributed by atoms with Crippen LogP contribution in [-0.4, -0.2) is 17.9 Å². The average molecular weight is 347 g/mol. The number of hydrogen-bond acceptors (Lipinski definition) is 2. The number of carbonyl (C=O) groups excluding carboxylic acids is 1. The lowest BCUT2D eigenvalue weighted by molar-refractivity contribution is 0.0742. The Morgan fingerprint density at radius 2 is 1.95 bits per heavy atom. The van der Waals surface area contributed by atoms with Crippen molar-refractivity contribution in [3.63, 3.8) is 0 Å². The smallest absolute Gasteiger partial charge is 0.254 e. The monoisotopic (exact) mass is 346 g/mol. The van der Waals surface area contributed by atoms with Crippen molar-refractivity contribution in [1.82, 2.24) is 4.90 Å². The van der Waals surface area contributed by atoms with Crippen molar-refractivity contribution < 1.29 is 4.79 Å². The van der Waals surface area contributed by atoms with Gasteiger partial charge in [0.1, 0.15) is 0 Å². The van der Waals surface area contributed by atoms with Crippen LogP contribution in [-0.2, 0) is 0 Å². The van der Waals surface area contributed by atoms with Crippen molar-refractivity contribution >= 4 is 27.5 Å². The normalized spacial score (nSPS) is 12.0. The number of hydrogen-bond donors (Lipinski definition) is 1. The molecule has 2 N–H and O–H groups in total. The molecule has 4 heteroatoms. The van der Waals surface area contributed by atoms with E-state index in [9.17, 15) is 4.79 Å². The first-order chi connectivity index (χ1) is 9.88. The Balaban J connectivity index is 2.26. The molecule has 2 rings (SSSR count). The zero-order valence-corrected chi connectivity index (χ0v) is 14.0. The quantitative estimate of drug-likeness (QED) is 0.847. The highest BCUT2D eigenvalue weighted by Gasteiger charge is 2.19. The minimum absolute atomic E-state index is 0.00526. The lowest BCUT2D eigenvalue weighted by Gasteiger charge is -2.26. The van der Waals surface area contributed by atoms with E-state index in [2.05, 4.69) is 15.9 Å². The summed E-state index contributed by atoms with van der Waals surface area (Å²) in [4.78, 5) is 14.4. The first kappa shape index (κ1) is 15.6. The van der Waals surface area contributed by atoms with E-state index in [1.165, 1.54) is 0 Å². The maximum atomic E-state index is 12.6. The van der Waals surface area contributed by atoms with Crippen molar-refractivity contribution in [2.75, 3.05) is 12.8 Å². The summed E-state index contributed by atoms with van der Waals surface area (Å²) in [5.41, 5.74) is 9.28. The van der Waals surface area contributed by atoms with Crippen LogP contribution < -0.4 is 5.73 Å². The number of carbonyl (C=O) groups is 1. The van der Waals surface area contributed by atoms with Crippen LogP contribution in [0.5, 0.6) is 0 Å². The number of nitrogens with two attached hydrogens (primary N) is 1. The first-order valence-corrected chi connectivity index (χ1v) is 7.57. The summed E-state index contributed by atoms with van der Waals surface area (Å²) < 4.78 is 0.913. The lowest BCUT2D eigenvalue weighted by Crippen LogP contribution is -2.29. The highest BCUT2D eigenvalue weighted by atomic mass is 79.9. The highest BCUT2D eigenvalue weighted by molar-refractivity contribution is 9.10. The van der Waals surface area contributed by atoms with Gasteiger partial charge in [-0.05, 0) is 55.3 Å². The van der Waals surface area contributed by atoms with Gasteiger partial charge in [0.2, 0.25) is 0 Å². The fourth-order valence-corrected chi connectivity index (χ4v) is 2.89. The van der Waals surface area contributed by atoms with Crippen LogP contribution in [0.25, 0.3) is 0 Å². The summed E-state index contributed by atoms with van der Waals surface area (Å²) in [5, 5.41) is 0. The molecule has 0 heterocycles. The standard InChI is InChI=1S/C17H19BrN2O/c1-11-7-14(9-15(18)8-11)17(21)20(3)12(2)13-5-4-6-16(19)10-13/h4-10,12H,19H2,1-3H3. The topological polar surface area (TPSA) is 46.3 Å². The van der Waals surface area contributed by atoms with Crippen LogP contribution in [0.2, 0.25) is 0 Å². The van der Waals surface area contributed by atoms with Crippen molar-refractivity contribution in [2.24, 2.45) is 0 Å². The molecule has 1 amide bonds. The molecule has 0 radical (unpaired) electrons. The molecule has 0 spiro atoms. The van der Waals surface area contributed by atoms with Crippen LogP contribution >= 0.6 is 15.9 Å². The Hall–Kier alpha value is -1.81. The molecule has 0 aromatic heterocycles. The van der Waals surface area contributed by atoms with Crippen LogP contribution in [0.4, 0.5) is 5.69 Å². The van der Waals surface area contributed by atoms with Crippen molar-refractivity contribution in [2.45, 2.75) is 19.9 Å². The van der Waals surface area contributed by atoms with E-state index in [1.807, 2.05) is 63.4 Å². The largest absolute Gasteiger partial charge is 0.399 e. The van der Waals surface area contributed by atoms with Gasteiger partial charge in [-0.3, -0.25) is 4.79 Å². The molecule has 0 fully saturated rings. The number of nitrogens with zero attached hydrogens (tertiary/aromatic N) is 1. The minimum Gasteiger partial charge on any atom is -0.399 e. The van der Waals surface area contributed by atoms with Gasteiger partial charge in [0.05, 0.1) is 6.04 Å². The summed E-state index contributed by atoms with van der Waals surface area (Å²) >= 11 is 3.43. The minimum atomic E-state index is -0.0414. The van der Waals surface area contributed by atoms with Gasteiger partial charge in [-0.25, -0.2) is 0 Å². The summed E-state index contributed by atoms with van der Waals surface area (Å²) in [7, 11) is 1.81. The number of amides is 1. The first-order valence-electron chi connectivity index (χ1n) is 6.78. The summed E-state index contributed by atoms with van der Waals surface area (Å²) in [5.74, 6) is -0.00526. The molecule has 21 heavy (non-hydrogen) atoms. The lowest BCUT2D eigenvalue weighted by atomic mass is 10.0. The van der Waals surface area contributed by atoms with E-state index < -0.39 is 0 Å². The van der Waals surface area contributed by atoms with Crippen LogP contribution in [0.3, 0.4) is 0 Å². The SMILES string of the molecule is Cc1cc(Br)cc(C(=O)N(C)C(C)c2cccc(N)c2)c1. The molecule has 0 aliphatic carbocycles. The van der Waals surface area contributed by atoms with Gasteiger partial charge in [-0.1, -0.05) is 28.1 Å². The maximum absolute atomic E-state index is 12.6. The van der Waals surface area contributed by atoms with E-state index in [4.69, 9.17) is 5.73 Å². The molecule has 110 valence electrons. The Labute approximate surface area is 133 Å². The number of benzene rings is 2. The van der Waals surface area contributed by atoms with Crippen molar-refractivity contribution in [3.05, 3.63) is 63.6 Å². The Morgan fingerprint density at radius 3 is 2.57 bits per heavy atom. The summed E-state index contributed by atoms with van der Waals surface area (Å²) in [6.45, 7) is 3.97. The highest BCUT2D eigenvalue weighted by Crippen LogP contribution is 2.24. The van der Waals surface area contributed by atoms with Crippen LogP contribution in [0.15, 0.2) is 46.9 Å². The third kappa shape index (κ3) is 3.64. The Kier molecular flexibility index (Phi) is 4.68. The molecule has 3 nitrogen and oxygen atoms in total. The number of nitrogen functional groups attached to an aromatic ring is 1. The van der Waals surface area contributed by atoms with E-state index >= 15 is 0 Å². The van der Waals surface area contributed by atoms with Gasteiger partial charge in [0, 0.05) is 22.8 Å². The summed E-state index contributed by atoms with van der Waals surface area (Å²) in [6, 6.07) is 13.3. The third-order valence-corrected chi connectivity index (χ3v) is 4.04. The number of anilines is 1. The van der Waals surface area contributed by atoms with Crippen molar-refractivity contribution in [1.29, 1.82) is 0 Å². The van der Waals surface area contributed by atoms with Crippen LogP contribution in [0, 0.1) is 6.92 Å². The molecular weight excluding hydrogens is 328 g/mol. The fraction of sp³-hybridized carbons (Fsp3) is 0.235. The van der Waals surface area contributed by atoms with Gasteiger partial charge < -0.3 is 10.6 Å². The molecular formula is C17H19BrN2O. The predicted octanol–water partition coefficient (Wildman–Crippen LogP) is 4.17. The second kappa shape index (κ2) is 6.31. The van der Waals surface area contributed by atoms with Crippen molar-refractivity contribution in [3.8, 4) is 0 Å². The molecule has 2 aromatic rings. The Bertz CT molecular complexity index is 649. The predicted molar refractivity (Wildman–Crippen MR) is 90.2 cm³/mol. The molecule has 0 saturated heterocycles. The second-order valence-corrected chi connectivity index (χ2v) is 6.20. The van der Waals surface area contributed by atoms with Crippen LogP contribution in [0.1, 0.15) is 34.5 Å². The third-order valence-electron chi connectivity index (χ3n) is 3.58. The van der Waals surface area contributed by atoms with E-state index in [1.54, 1.807) is 4.90 Å². The number of halogens is 1.